The summed E-state index contributed by atoms with van der Waals surface area (Å²) in [5, 5.41) is 7.62. The smallest absolute Gasteiger partial charge is 0.138 e. The zero-order valence-corrected chi connectivity index (χ0v) is 9.95. The molecule has 2 aliphatic rings. The Morgan fingerprint density at radius 1 is 1.44 bits per heavy atom. The first-order valence-corrected chi connectivity index (χ1v) is 6.34. The van der Waals surface area contributed by atoms with Crippen LogP contribution in [-0.4, -0.2) is 27.9 Å². The zero-order valence-electron chi connectivity index (χ0n) is 9.95. The molecule has 1 saturated carbocycles. The van der Waals surface area contributed by atoms with E-state index in [-0.39, 0.29) is 0 Å². The second kappa shape index (κ2) is 3.84. The van der Waals surface area contributed by atoms with Crippen molar-refractivity contribution in [2.75, 3.05) is 13.1 Å². The fourth-order valence-corrected chi connectivity index (χ4v) is 3.34. The van der Waals surface area contributed by atoms with Crippen molar-refractivity contribution in [3.05, 3.63) is 12.2 Å². The minimum atomic E-state index is 0.483. The average molecular weight is 220 g/mol. The lowest BCUT2D eigenvalue weighted by atomic mass is 9.67. The largest absolute Gasteiger partial charge is 0.315 e. The Labute approximate surface area is 96.4 Å². The van der Waals surface area contributed by atoms with Gasteiger partial charge in [0, 0.05) is 32.0 Å². The van der Waals surface area contributed by atoms with E-state index in [0.29, 0.717) is 5.41 Å². The van der Waals surface area contributed by atoms with E-state index in [2.05, 4.69) is 15.4 Å². The molecule has 16 heavy (non-hydrogen) atoms. The van der Waals surface area contributed by atoms with Crippen molar-refractivity contribution in [2.45, 2.75) is 32.1 Å². The van der Waals surface area contributed by atoms with Gasteiger partial charge in [-0.25, -0.2) is 4.98 Å². The highest BCUT2D eigenvalue weighted by Gasteiger charge is 2.45. The number of hydrogen-bond acceptors (Lipinski definition) is 3. The van der Waals surface area contributed by atoms with Gasteiger partial charge in [-0.15, -0.1) is 0 Å². The molecule has 0 unspecified atom stereocenters. The molecule has 1 aliphatic heterocycles. The van der Waals surface area contributed by atoms with E-state index in [4.69, 9.17) is 0 Å². The van der Waals surface area contributed by atoms with Gasteiger partial charge in [0.2, 0.25) is 0 Å². The van der Waals surface area contributed by atoms with E-state index >= 15 is 0 Å². The monoisotopic (exact) mass is 220 g/mol. The molecule has 4 nitrogen and oxygen atoms in total. The van der Waals surface area contributed by atoms with Crippen LogP contribution in [0.25, 0.3) is 0 Å². The Morgan fingerprint density at radius 3 is 2.69 bits per heavy atom. The topological polar surface area (TPSA) is 42.7 Å². The molecule has 0 atom stereocenters. The van der Waals surface area contributed by atoms with Crippen LogP contribution in [0.3, 0.4) is 0 Å². The molecule has 1 aliphatic carbocycles. The third-order valence-electron chi connectivity index (χ3n) is 4.49. The summed E-state index contributed by atoms with van der Waals surface area (Å²) < 4.78 is 1.93. The van der Waals surface area contributed by atoms with Crippen LogP contribution < -0.4 is 5.32 Å². The zero-order chi connectivity index (χ0) is 11.0. The number of rotatable bonds is 3. The molecule has 88 valence electrons. The normalized spacial score (nSPS) is 24.6. The standard InChI is InChI=1S/C12H20N4/c1-16-11(14-9-15-16)6-12(7-13-8-12)10-4-2-3-5-10/h9-10,13H,2-8H2,1H3. The number of aromatic nitrogens is 3. The third-order valence-corrected chi connectivity index (χ3v) is 4.49. The number of aryl methyl sites for hydroxylation is 1. The molecule has 1 saturated heterocycles. The fourth-order valence-electron chi connectivity index (χ4n) is 3.34. The first-order valence-electron chi connectivity index (χ1n) is 6.34. The average Bonchev–Trinajstić information content (AvgIpc) is 2.83. The lowest BCUT2D eigenvalue weighted by molar-refractivity contribution is 0.0775. The second-order valence-corrected chi connectivity index (χ2v) is 5.42. The Bertz CT molecular complexity index is 361. The van der Waals surface area contributed by atoms with E-state index in [1.54, 1.807) is 6.33 Å². The Morgan fingerprint density at radius 2 is 2.19 bits per heavy atom. The Balaban J connectivity index is 1.77. The number of hydrogen-bond donors (Lipinski definition) is 1. The maximum Gasteiger partial charge on any atom is 0.138 e. The summed E-state index contributed by atoms with van der Waals surface area (Å²) in [4.78, 5) is 4.38. The van der Waals surface area contributed by atoms with E-state index in [1.165, 1.54) is 38.8 Å². The molecule has 0 spiro atoms. The summed E-state index contributed by atoms with van der Waals surface area (Å²) in [7, 11) is 2.00. The van der Waals surface area contributed by atoms with Gasteiger partial charge in [-0.1, -0.05) is 12.8 Å². The first kappa shape index (κ1) is 10.3. The molecular formula is C12H20N4. The minimum absolute atomic E-state index is 0.483. The second-order valence-electron chi connectivity index (χ2n) is 5.42. The van der Waals surface area contributed by atoms with Crippen LogP contribution in [0.1, 0.15) is 31.5 Å². The summed E-state index contributed by atoms with van der Waals surface area (Å²) in [6.07, 6.45) is 8.44. The summed E-state index contributed by atoms with van der Waals surface area (Å²) in [6.45, 7) is 2.34. The van der Waals surface area contributed by atoms with Gasteiger partial charge in [0.1, 0.15) is 12.2 Å². The fraction of sp³-hybridized carbons (Fsp3) is 0.833. The quantitative estimate of drug-likeness (QED) is 0.830. The van der Waals surface area contributed by atoms with E-state index in [9.17, 15) is 0 Å². The minimum Gasteiger partial charge on any atom is -0.315 e. The highest BCUT2D eigenvalue weighted by Crippen LogP contribution is 2.44. The summed E-state index contributed by atoms with van der Waals surface area (Å²) in [6, 6.07) is 0. The third kappa shape index (κ3) is 1.56. The lowest BCUT2D eigenvalue weighted by Crippen LogP contribution is -2.58. The van der Waals surface area contributed by atoms with Crippen LogP contribution in [0.2, 0.25) is 0 Å². The molecule has 2 fully saturated rings. The SMILES string of the molecule is Cn1ncnc1CC1(C2CCCC2)CNC1. The summed E-state index contributed by atoms with van der Waals surface area (Å²) in [5.41, 5.74) is 0.483. The van der Waals surface area contributed by atoms with E-state index in [1.807, 2.05) is 11.7 Å². The van der Waals surface area contributed by atoms with Crippen molar-refractivity contribution in [1.29, 1.82) is 0 Å². The molecular weight excluding hydrogens is 200 g/mol. The molecule has 4 heteroatoms. The molecule has 2 heterocycles. The summed E-state index contributed by atoms with van der Waals surface area (Å²) in [5.74, 6) is 2.05. The van der Waals surface area contributed by atoms with Crippen LogP contribution in [0.5, 0.6) is 0 Å². The number of nitrogens with one attached hydrogen (secondary N) is 1. The van der Waals surface area contributed by atoms with Crippen molar-refractivity contribution in [2.24, 2.45) is 18.4 Å². The molecule has 0 bridgehead atoms. The van der Waals surface area contributed by atoms with Crippen LogP contribution in [0.15, 0.2) is 6.33 Å². The van der Waals surface area contributed by atoms with Gasteiger partial charge in [-0.2, -0.15) is 5.10 Å². The van der Waals surface area contributed by atoms with Gasteiger partial charge in [0.25, 0.3) is 0 Å². The first-order chi connectivity index (χ1) is 7.80. The number of nitrogens with zero attached hydrogens (tertiary/aromatic N) is 3. The molecule has 1 aromatic rings. The summed E-state index contributed by atoms with van der Waals surface area (Å²) >= 11 is 0. The van der Waals surface area contributed by atoms with Gasteiger partial charge in [0.15, 0.2) is 0 Å². The van der Waals surface area contributed by atoms with Crippen molar-refractivity contribution in [3.8, 4) is 0 Å². The van der Waals surface area contributed by atoms with Crippen molar-refractivity contribution in [1.82, 2.24) is 20.1 Å². The molecule has 0 amide bonds. The van der Waals surface area contributed by atoms with Crippen LogP contribution in [0.4, 0.5) is 0 Å². The van der Waals surface area contributed by atoms with Gasteiger partial charge in [-0.05, 0) is 18.8 Å². The predicted molar refractivity (Wildman–Crippen MR) is 62.0 cm³/mol. The van der Waals surface area contributed by atoms with Gasteiger partial charge < -0.3 is 5.32 Å². The van der Waals surface area contributed by atoms with Crippen LogP contribution >= 0.6 is 0 Å². The maximum absolute atomic E-state index is 4.38. The molecule has 1 N–H and O–H groups in total. The maximum atomic E-state index is 4.38. The van der Waals surface area contributed by atoms with Crippen LogP contribution in [-0.2, 0) is 13.5 Å². The van der Waals surface area contributed by atoms with Crippen molar-refractivity contribution >= 4 is 0 Å². The molecule has 1 aromatic heterocycles. The van der Waals surface area contributed by atoms with E-state index < -0.39 is 0 Å². The molecule has 0 radical (unpaired) electrons. The van der Waals surface area contributed by atoms with Gasteiger partial charge >= 0.3 is 0 Å². The van der Waals surface area contributed by atoms with Gasteiger partial charge in [-0.3, -0.25) is 4.68 Å². The van der Waals surface area contributed by atoms with Gasteiger partial charge in [0.05, 0.1) is 0 Å². The molecule has 0 aromatic carbocycles. The highest BCUT2D eigenvalue weighted by molar-refractivity contribution is 5.05. The lowest BCUT2D eigenvalue weighted by Gasteiger charge is -2.47. The van der Waals surface area contributed by atoms with Crippen LogP contribution in [0, 0.1) is 11.3 Å². The predicted octanol–water partition coefficient (Wildman–Crippen LogP) is 1.14. The van der Waals surface area contributed by atoms with Crippen molar-refractivity contribution in [3.63, 3.8) is 0 Å². The Hall–Kier alpha value is -0.900. The molecule has 3 rings (SSSR count). The Kier molecular flexibility index (Phi) is 2.46. The van der Waals surface area contributed by atoms with E-state index in [0.717, 1.165) is 18.2 Å². The van der Waals surface area contributed by atoms with Crippen molar-refractivity contribution < 1.29 is 0 Å². The highest BCUT2D eigenvalue weighted by atomic mass is 15.3.